The number of nitrogens with one attached hydrogen (secondary N) is 1. The second kappa shape index (κ2) is 7.06. The van der Waals surface area contributed by atoms with Crippen LogP contribution >= 0.6 is 0 Å². The summed E-state index contributed by atoms with van der Waals surface area (Å²) < 4.78 is 0. The molecule has 3 nitrogen and oxygen atoms in total. The van der Waals surface area contributed by atoms with Crippen molar-refractivity contribution in [2.75, 3.05) is 18.5 Å². The molecule has 20 heavy (non-hydrogen) atoms. The quantitative estimate of drug-likeness (QED) is 0.873. The molecule has 0 fully saturated rings. The molecule has 1 aromatic carbocycles. The number of anilines is 1. The van der Waals surface area contributed by atoms with Gasteiger partial charge in [-0.1, -0.05) is 30.7 Å². The van der Waals surface area contributed by atoms with E-state index in [-0.39, 0.29) is 0 Å². The van der Waals surface area contributed by atoms with Gasteiger partial charge in [-0.2, -0.15) is 0 Å². The Bertz CT molecular complexity index is 534. The highest BCUT2D eigenvalue weighted by Crippen LogP contribution is 2.15. The maximum Gasteiger partial charge on any atom is 0.0600 e. The summed E-state index contributed by atoms with van der Waals surface area (Å²) in [6.45, 7) is 6.83. The molecule has 0 aliphatic carbocycles. The largest absolute Gasteiger partial charge is 0.369 e. The maximum atomic E-state index is 4.69. The summed E-state index contributed by atoms with van der Waals surface area (Å²) in [5.41, 5.74) is 4.70. The predicted molar refractivity (Wildman–Crippen MR) is 84.9 cm³/mol. The number of hydrogen-bond acceptors (Lipinski definition) is 3. The molecule has 1 heterocycles. The van der Waals surface area contributed by atoms with Crippen LogP contribution in [0.2, 0.25) is 0 Å². The van der Waals surface area contributed by atoms with Gasteiger partial charge in [-0.3, -0.25) is 4.98 Å². The second-order valence-corrected chi connectivity index (χ2v) is 5.09. The van der Waals surface area contributed by atoms with Crippen LogP contribution in [0.3, 0.4) is 0 Å². The Morgan fingerprint density at radius 3 is 2.45 bits per heavy atom. The molecule has 106 valence electrons. The van der Waals surface area contributed by atoms with Crippen molar-refractivity contribution in [3.63, 3.8) is 0 Å². The van der Waals surface area contributed by atoms with Crippen LogP contribution in [0.1, 0.15) is 23.9 Å². The van der Waals surface area contributed by atoms with Gasteiger partial charge in [0, 0.05) is 19.3 Å². The van der Waals surface area contributed by atoms with Gasteiger partial charge in [-0.25, -0.2) is 0 Å². The van der Waals surface area contributed by atoms with E-state index >= 15 is 0 Å². The molecule has 0 bridgehead atoms. The minimum atomic E-state index is 0.822. The maximum absolute atomic E-state index is 4.69. The molecular formula is C17H23N3. The molecule has 0 unspecified atom stereocenters. The summed E-state index contributed by atoms with van der Waals surface area (Å²) in [6.07, 6.45) is 0. The molecule has 0 saturated heterocycles. The highest BCUT2D eigenvalue weighted by molar-refractivity contribution is 5.46. The van der Waals surface area contributed by atoms with Crippen molar-refractivity contribution in [2.24, 2.45) is 0 Å². The predicted octanol–water partition coefficient (Wildman–Crippen LogP) is 3.14. The zero-order chi connectivity index (χ0) is 14.4. The number of pyridine rings is 1. The molecule has 2 rings (SSSR count). The van der Waals surface area contributed by atoms with Gasteiger partial charge < -0.3 is 10.2 Å². The fourth-order valence-corrected chi connectivity index (χ4v) is 2.10. The van der Waals surface area contributed by atoms with Crippen LogP contribution < -0.4 is 10.2 Å². The number of rotatable bonds is 6. The summed E-state index contributed by atoms with van der Waals surface area (Å²) in [7, 11) is 2.10. The molecule has 0 aliphatic rings. The fourth-order valence-electron chi connectivity index (χ4n) is 2.10. The summed E-state index contributed by atoms with van der Waals surface area (Å²) in [5, 5.41) is 3.31. The lowest BCUT2D eigenvalue weighted by Gasteiger charge is -2.19. The molecule has 0 spiro atoms. The van der Waals surface area contributed by atoms with Crippen LogP contribution in [0.25, 0.3) is 0 Å². The van der Waals surface area contributed by atoms with E-state index in [1.54, 1.807) is 0 Å². The molecule has 1 aromatic heterocycles. The van der Waals surface area contributed by atoms with E-state index in [2.05, 4.69) is 78.6 Å². The van der Waals surface area contributed by atoms with Gasteiger partial charge in [-0.05, 0) is 37.7 Å². The van der Waals surface area contributed by atoms with Crippen molar-refractivity contribution in [3.8, 4) is 0 Å². The molecule has 1 N–H and O–H groups in total. The SMILES string of the molecule is CCNCc1cccc(CN(C)c2ccc(C)cc2)n1. The Kier molecular flexibility index (Phi) is 5.13. The van der Waals surface area contributed by atoms with Gasteiger partial charge in [0.1, 0.15) is 0 Å². The van der Waals surface area contributed by atoms with E-state index in [0.717, 1.165) is 31.0 Å². The van der Waals surface area contributed by atoms with Crippen molar-refractivity contribution in [3.05, 3.63) is 59.4 Å². The van der Waals surface area contributed by atoms with Gasteiger partial charge in [-0.15, -0.1) is 0 Å². The average molecular weight is 269 g/mol. The van der Waals surface area contributed by atoms with Crippen molar-refractivity contribution in [1.29, 1.82) is 0 Å². The lowest BCUT2D eigenvalue weighted by molar-refractivity contribution is 0.704. The van der Waals surface area contributed by atoms with Crippen molar-refractivity contribution < 1.29 is 0 Å². The lowest BCUT2D eigenvalue weighted by atomic mass is 10.2. The number of hydrogen-bond donors (Lipinski definition) is 1. The van der Waals surface area contributed by atoms with Crippen molar-refractivity contribution >= 4 is 5.69 Å². The Hall–Kier alpha value is -1.87. The summed E-state index contributed by atoms with van der Waals surface area (Å²) >= 11 is 0. The van der Waals surface area contributed by atoms with Gasteiger partial charge in [0.2, 0.25) is 0 Å². The first-order valence-corrected chi connectivity index (χ1v) is 7.12. The Morgan fingerprint density at radius 1 is 1.05 bits per heavy atom. The molecule has 2 aromatic rings. The average Bonchev–Trinajstić information content (AvgIpc) is 2.46. The summed E-state index contributed by atoms with van der Waals surface area (Å²) in [6, 6.07) is 14.8. The molecule has 0 amide bonds. The molecule has 0 radical (unpaired) electrons. The third kappa shape index (κ3) is 4.07. The third-order valence-electron chi connectivity index (χ3n) is 3.29. The molecule has 0 atom stereocenters. The van der Waals surface area contributed by atoms with Crippen LogP contribution in [0.4, 0.5) is 5.69 Å². The van der Waals surface area contributed by atoms with Crippen LogP contribution in [0.5, 0.6) is 0 Å². The Morgan fingerprint density at radius 2 is 1.75 bits per heavy atom. The van der Waals surface area contributed by atoms with Crippen LogP contribution in [-0.4, -0.2) is 18.6 Å². The monoisotopic (exact) mass is 269 g/mol. The van der Waals surface area contributed by atoms with E-state index in [4.69, 9.17) is 0 Å². The standard InChI is InChI=1S/C17H23N3/c1-4-18-12-15-6-5-7-16(19-15)13-20(3)17-10-8-14(2)9-11-17/h5-11,18H,4,12-13H2,1-3H3. The number of nitrogens with zero attached hydrogens (tertiary/aromatic N) is 2. The zero-order valence-electron chi connectivity index (χ0n) is 12.6. The van der Waals surface area contributed by atoms with E-state index in [1.165, 1.54) is 11.3 Å². The topological polar surface area (TPSA) is 28.2 Å². The first-order valence-electron chi connectivity index (χ1n) is 7.12. The smallest absolute Gasteiger partial charge is 0.0600 e. The van der Waals surface area contributed by atoms with Gasteiger partial charge >= 0.3 is 0 Å². The van der Waals surface area contributed by atoms with E-state index < -0.39 is 0 Å². The van der Waals surface area contributed by atoms with Crippen LogP contribution in [0, 0.1) is 6.92 Å². The minimum Gasteiger partial charge on any atom is -0.369 e. The second-order valence-electron chi connectivity index (χ2n) is 5.09. The molecule has 3 heteroatoms. The van der Waals surface area contributed by atoms with Crippen LogP contribution in [0.15, 0.2) is 42.5 Å². The van der Waals surface area contributed by atoms with E-state index in [1.807, 2.05) is 0 Å². The van der Waals surface area contributed by atoms with Gasteiger partial charge in [0.05, 0.1) is 17.9 Å². The fraction of sp³-hybridized carbons (Fsp3) is 0.353. The first kappa shape index (κ1) is 14.5. The van der Waals surface area contributed by atoms with E-state index in [0.29, 0.717) is 0 Å². The Balaban J connectivity index is 2.03. The highest BCUT2D eigenvalue weighted by atomic mass is 15.1. The van der Waals surface area contributed by atoms with Gasteiger partial charge in [0.15, 0.2) is 0 Å². The Labute approximate surface area is 121 Å². The third-order valence-corrected chi connectivity index (χ3v) is 3.29. The highest BCUT2D eigenvalue weighted by Gasteiger charge is 2.04. The number of aromatic nitrogens is 1. The normalized spacial score (nSPS) is 10.6. The molecular weight excluding hydrogens is 246 g/mol. The zero-order valence-corrected chi connectivity index (χ0v) is 12.6. The molecule has 0 saturated carbocycles. The first-order chi connectivity index (χ1) is 9.69. The van der Waals surface area contributed by atoms with Gasteiger partial charge in [0.25, 0.3) is 0 Å². The molecule has 0 aliphatic heterocycles. The minimum absolute atomic E-state index is 0.822. The van der Waals surface area contributed by atoms with E-state index in [9.17, 15) is 0 Å². The number of benzene rings is 1. The summed E-state index contributed by atoms with van der Waals surface area (Å²) in [4.78, 5) is 6.91. The summed E-state index contributed by atoms with van der Waals surface area (Å²) in [5.74, 6) is 0. The number of aryl methyl sites for hydroxylation is 1. The van der Waals surface area contributed by atoms with Crippen LogP contribution in [-0.2, 0) is 13.1 Å². The lowest BCUT2D eigenvalue weighted by Crippen LogP contribution is -2.18. The van der Waals surface area contributed by atoms with Crippen molar-refractivity contribution in [2.45, 2.75) is 26.9 Å². The van der Waals surface area contributed by atoms with Crippen molar-refractivity contribution in [1.82, 2.24) is 10.3 Å².